The van der Waals surface area contributed by atoms with Crippen LogP contribution in [0.3, 0.4) is 0 Å². The van der Waals surface area contributed by atoms with Gasteiger partial charge < -0.3 is 9.72 Å². The lowest BCUT2D eigenvalue weighted by molar-refractivity contribution is 0.0820. The molecule has 0 amide bonds. The topological polar surface area (TPSA) is 76.2 Å². The Morgan fingerprint density at radius 1 is 1.08 bits per heavy atom. The Hall–Kier alpha value is -2.60. The summed E-state index contributed by atoms with van der Waals surface area (Å²) in [7, 11) is -3.25. The smallest absolute Gasteiger partial charge is 0.205 e. The summed E-state index contributed by atoms with van der Waals surface area (Å²) in [6.07, 6.45) is 2.14. The van der Waals surface area contributed by atoms with Crippen LogP contribution in [0.2, 0.25) is 0 Å². The fourth-order valence-electron chi connectivity index (χ4n) is 2.52. The van der Waals surface area contributed by atoms with Crippen molar-refractivity contribution in [2.24, 2.45) is 0 Å². The van der Waals surface area contributed by atoms with Gasteiger partial charge in [0.05, 0.1) is 4.90 Å². The second-order valence-corrected chi connectivity index (χ2v) is 7.63. The molecule has 2 aromatic carbocycles. The van der Waals surface area contributed by atoms with Crippen molar-refractivity contribution in [1.82, 2.24) is 4.98 Å². The SMILES string of the molecule is C[C@@H](Oc1ccc(S(C)(=O)=O)cc1)C(=O)c1c[nH]c2ccccc12. The molecule has 1 aromatic heterocycles. The van der Waals surface area contributed by atoms with E-state index in [0.717, 1.165) is 17.2 Å². The highest BCUT2D eigenvalue weighted by atomic mass is 32.2. The number of Topliss-reactive ketones (excluding diaryl/α,β-unsaturated/α-hetero) is 1. The Labute approximate surface area is 140 Å². The van der Waals surface area contributed by atoms with Gasteiger partial charge in [0, 0.05) is 28.9 Å². The number of H-pyrrole nitrogens is 1. The number of sulfone groups is 1. The third-order valence-electron chi connectivity index (χ3n) is 3.79. The number of benzene rings is 2. The van der Waals surface area contributed by atoms with E-state index < -0.39 is 15.9 Å². The van der Waals surface area contributed by atoms with Gasteiger partial charge in [0.15, 0.2) is 15.9 Å². The van der Waals surface area contributed by atoms with E-state index in [9.17, 15) is 13.2 Å². The molecule has 0 saturated heterocycles. The Balaban J connectivity index is 1.79. The van der Waals surface area contributed by atoms with Crippen LogP contribution in [-0.2, 0) is 9.84 Å². The van der Waals surface area contributed by atoms with Crippen molar-refractivity contribution in [1.29, 1.82) is 0 Å². The molecule has 0 bridgehead atoms. The molecule has 1 heterocycles. The van der Waals surface area contributed by atoms with Crippen molar-refractivity contribution in [2.45, 2.75) is 17.9 Å². The van der Waals surface area contributed by atoms with Crippen LogP contribution in [0.15, 0.2) is 59.6 Å². The number of rotatable bonds is 5. The molecule has 6 heteroatoms. The minimum atomic E-state index is -3.25. The van der Waals surface area contributed by atoms with Crippen LogP contribution >= 0.6 is 0 Å². The largest absolute Gasteiger partial charge is 0.483 e. The van der Waals surface area contributed by atoms with Gasteiger partial charge in [-0.05, 0) is 37.3 Å². The number of hydrogen-bond donors (Lipinski definition) is 1. The van der Waals surface area contributed by atoms with E-state index in [4.69, 9.17) is 4.74 Å². The molecule has 3 rings (SSSR count). The molecule has 0 radical (unpaired) electrons. The molecule has 0 aliphatic rings. The Morgan fingerprint density at radius 3 is 2.42 bits per heavy atom. The molecule has 0 aliphatic carbocycles. The van der Waals surface area contributed by atoms with Crippen molar-refractivity contribution >= 4 is 26.5 Å². The lowest BCUT2D eigenvalue weighted by Gasteiger charge is -2.13. The molecule has 1 N–H and O–H groups in total. The maximum atomic E-state index is 12.6. The lowest BCUT2D eigenvalue weighted by Crippen LogP contribution is -2.23. The van der Waals surface area contributed by atoms with Crippen LogP contribution in [-0.4, -0.2) is 31.5 Å². The van der Waals surface area contributed by atoms with Gasteiger partial charge in [-0.15, -0.1) is 0 Å². The molecular formula is C18H17NO4S. The summed E-state index contributed by atoms with van der Waals surface area (Å²) in [5.41, 5.74) is 1.47. The first-order chi connectivity index (χ1) is 11.4. The van der Waals surface area contributed by atoms with Gasteiger partial charge in [-0.25, -0.2) is 8.42 Å². The van der Waals surface area contributed by atoms with Crippen LogP contribution < -0.4 is 4.74 Å². The average molecular weight is 343 g/mol. The molecule has 0 unspecified atom stereocenters. The molecule has 124 valence electrons. The second-order valence-electron chi connectivity index (χ2n) is 5.62. The molecule has 0 fully saturated rings. The standard InChI is InChI=1S/C18H17NO4S/c1-12(23-13-7-9-14(10-8-13)24(2,21)22)18(20)16-11-19-17-6-4-3-5-15(16)17/h3-12,19H,1-2H3/t12-/m1/s1. The fraction of sp³-hybridized carbons (Fsp3) is 0.167. The molecule has 3 aromatic rings. The number of aromatic amines is 1. The van der Waals surface area contributed by atoms with Crippen molar-refractivity contribution in [2.75, 3.05) is 6.26 Å². The predicted molar refractivity (Wildman–Crippen MR) is 92.3 cm³/mol. The van der Waals surface area contributed by atoms with E-state index in [-0.39, 0.29) is 10.7 Å². The summed E-state index contributed by atoms with van der Waals surface area (Å²) in [5.74, 6) is 0.308. The van der Waals surface area contributed by atoms with E-state index in [1.807, 2.05) is 24.3 Å². The molecule has 1 atom stereocenters. The maximum absolute atomic E-state index is 12.6. The van der Waals surface area contributed by atoms with Crippen molar-refractivity contribution in [3.05, 3.63) is 60.3 Å². The Bertz CT molecular complexity index is 987. The summed E-state index contributed by atoms with van der Waals surface area (Å²) >= 11 is 0. The Morgan fingerprint density at radius 2 is 1.75 bits per heavy atom. The van der Waals surface area contributed by atoms with Crippen LogP contribution in [0, 0.1) is 0 Å². The van der Waals surface area contributed by atoms with Crippen molar-refractivity contribution in [3.63, 3.8) is 0 Å². The normalized spacial score (nSPS) is 12.9. The average Bonchev–Trinajstić information content (AvgIpc) is 2.97. The number of ether oxygens (including phenoxy) is 1. The summed E-state index contributed by atoms with van der Waals surface area (Å²) in [6.45, 7) is 1.68. The first kappa shape index (κ1) is 16.3. The highest BCUT2D eigenvalue weighted by molar-refractivity contribution is 7.90. The van der Waals surface area contributed by atoms with Gasteiger partial charge in [0.2, 0.25) is 5.78 Å². The first-order valence-electron chi connectivity index (χ1n) is 7.43. The van der Waals surface area contributed by atoms with Crippen LogP contribution in [0.5, 0.6) is 5.75 Å². The van der Waals surface area contributed by atoms with E-state index >= 15 is 0 Å². The maximum Gasteiger partial charge on any atom is 0.205 e. The van der Waals surface area contributed by atoms with Crippen LogP contribution in [0.1, 0.15) is 17.3 Å². The van der Waals surface area contributed by atoms with Crippen LogP contribution in [0.4, 0.5) is 0 Å². The second kappa shape index (κ2) is 6.13. The predicted octanol–water partition coefficient (Wildman–Crippen LogP) is 3.22. The molecule has 0 aliphatic heterocycles. The summed E-state index contributed by atoms with van der Waals surface area (Å²) in [6, 6.07) is 13.6. The zero-order valence-electron chi connectivity index (χ0n) is 13.3. The molecule has 0 saturated carbocycles. The summed E-state index contributed by atoms with van der Waals surface area (Å²) < 4.78 is 28.6. The molecular weight excluding hydrogens is 326 g/mol. The van der Waals surface area contributed by atoms with E-state index in [0.29, 0.717) is 11.3 Å². The van der Waals surface area contributed by atoms with Gasteiger partial charge in [-0.2, -0.15) is 0 Å². The van der Waals surface area contributed by atoms with Gasteiger partial charge >= 0.3 is 0 Å². The minimum Gasteiger partial charge on any atom is -0.483 e. The lowest BCUT2D eigenvalue weighted by atomic mass is 10.1. The number of carbonyl (C=O) groups excluding carboxylic acids is 1. The molecule has 5 nitrogen and oxygen atoms in total. The number of aromatic nitrogens is 1. The Kier molecular flexibility index (Phi) is 4.15. The quantitative estimate of drug-likeness (QED) is 0.722. The monoisotopic (exact) mass is 343 g/mol. The van der Waals surface area contributed by atoms with Gasteiger partial charge in [-0.3, -0.25) is 4.79 Å². The summed E-state index contributed by atoms with van der Waals surface area (Å²) in [5, 5.41) is 0.852. The highest BCUT2D eigenvalue weighted by Crippen LogP contribution is 2.22. The van der Waals surface area contributed by atoms with Gasteiger partial charge in [0.25, 0.3) is 0 Å². The van der Waals surface area contributed by atoms with E-state index in [2.05, 4.69) is 4.98 Å². The van der Waals surface area contributed by atoms with Gasteiger partial charge in [0.1, 0.15) is 5.75 Å². The number of para-hydroxylation sites is 1. The third-order valence-corrected chi connectivity index (χ3v) is 4.92. The summed E-state index contributed by atoms with van der Waals surface area (Å²) in [4.78, 5) is 15.9. The highest BCUT2D eigenvalue weighted by Gasteiger charge is 2.20. The van der Waals surface area contributed by atoms with Crippen LogP contribution in [0.25, 0.3) is 10.9 Å². The minimum absolute atomic E-state index is 0.139. The van der Waals surface area contributed by atoms with Crippen molar-refractivity contribution < 1.29 is 17.9 Å². The molecule has 24 heavy (non-hydrogen) atoms. The van der Waals surface area contributed by atoms with E-state index in [1.54, 1.807) is 25.3 Å². The number of fused-ring (bicyclic) bond motifs is 1. The van der Waals surface area contributed by atoms with E-state index in [1.165, 1.54) is 12.1 Å². The molecule has 0 spiro atoms. The number of nitrogens with one attached hydrogen (secondary N) is 1. The number of carbonyl (C=O) groups is 1. The number of ketones is 1. The zero-order chi connectivity index (χ0) is 17.3. The van der Waals surface area contributed by atoms with Crippen molar-refractivity contribution in [3.8, 4) is 5.75 Å². The first-order valence-corrected chi connectivity index (χ1v) is 9.32. The fourth-order valence-corrected chi connectivity index (χ4v) is 3.15. The zero-order valence-corrected chi connectivity index (χ0v) is 14.1. The van der Waals surface area contributed by atoms with Gasteiger partial charge in [-0.1, -0.05) is 18.2 Å². The third kappa shape index (κ3) is 3.19. The number of hydrogen-bond acceptors (Lipinski definition) is 4.